The van der Waals surface area contributed by atoms with Gasteiger partial charge in [-0.25, -0.2) is 0 Å². The summed E-state index contributed by atoms with van der Waals surface area (Å²) in [5.41, 5.74) is 3.55. The van der Waals surface area contributed by atoms with Gasteiger partial charge in [0, 0.05) is 35.3 Å². The second-order valence-corrected chi connectivity index (χ2v) is 4.78. The molecule has 3 rings (SSSR count). The minimum Gasteiger partial charge on any atom is -0.356 e. The zero-order chi connectivity index (χ0) is 13.2. The van der Waals surface area contributed by atoms with Crippen LogP contribution in [0.2, 0.25) is 0 Å². The predicted molar refractivity (Wildman–Crippen MR) is 78.2 cm³/mol. The highest BCUT2D eigenvalue weighted by atomic mass is 16.1. The Labute approximate surface area is 111 Å². The van der Waals surface area contributed by atoms with Crippen molar-refractivity contribution < 1.29 is 4.79 Å². The number of H-pyrrole nitrogens is 1. The predicted octanol–water partition coefficient (Wildman–Crippen LogP) is 3.00. The van der Waals surface area contributed by atoms with Gasteiger partial charge < -0.3 is 10.3 Å². The normalized spacial score (nSPS) is 11.0. The first-order chi connectivity index (χ1) is 9.24. The molecule has 0 aliphatic carbocycles. The lowest BCUT2D eigenvalue weighted by Crippen LogP contribution is -2.22. The third kappa shape index (κ3) is 2.32. The zero-order valence-electron chi connectivity index (χ0n) is 10.9. The Morgan fingerprint density at radius 2 is 1.89 bits per heavy atom. The van der Waals surface area contributed by atoms with Crippen LogP contribution in [0.3, 0.4) is 0 Å². The number of carbonyl (C=O) groups is 1. The minimum atomic E-state index is 0.0201. The van der Waals surface area contributed by atoms with E-state index in [2.05, 4.69) is 46.7 Å². The first-order valence-electron chi connectivity index (χ1n) is 6.48. The second kappa shape index (κ2) is 4.76. The molecule has 0 unspecified atom stereocenters. The number of benzene rings is 2. The van der Waals surface area contributed by atoms with Crippen LogP contribution in [0.1, 0.15) is 12.5 Å². The Hall–Kier alpha value is -2.29. The molecule has 3 heteroatoms. The van der Waals surface area contributed by atoms with Gasteiger partial charge in [-0.3, -0.25) is 4.79 Å². The summed E-state index contributed by atoms with van der Waals surface area (Å²) in [6, 6.07) is 14.8. The molecule has 0 fully saturated rings. The Bertz CT molecular complexity index is 743. The molecule has 96 valence electrons. The number of hydrogen-bond donors (Lipinski definition) is 2. The summed E-state index contributed by atoms with van der Waals surface area (Å²) in [5.74, 6) is 0.0201. The average Bonchev–Trinajstić information content (AvgIpc) is 2.76. The molecule has 0 saturated carbocycles. The summed E-state index contributed by atoms with van der Waals surface area (Å²) in [4.78, 5) is 14.3. The van der Waals surface area contributed by atoms with E-state index >= 15 is 0 Å². The highest BCUT2D eigenvalue weighted by Crippen LogP contribution is 2.25. The maximum atomic E-state index is 10.8. The topological polar surface area (TPSA) is 44.9 Å². The summed E-state index contributed by atoms with van der Waals surface area (Å²) in [6.45, 7) is 2.22. The quantitative estimate of drug-likeness (QED) is 0.739. The number of para-hydroxylation sites is 1. The van der Waals surface area contributed by atoms with E-state index in [0.717, 1.165) is 17.5 Å². The third-order valence-electron chi connectivity index (χ3n) is 3.36. The molecular formula is C16H16N2O. The number of nitrogens with one attached hydrogen (secondary N) is 2. The molecule has 2 N–H and O–H groups in total. The molecule has 2 aromatic carbocycles. The van der Waals surface area contributed by atoms with Crippen LogP contribution < -0.4 is 5.32 Å². The van der Waals surface area contributed by atoms with Crippen molar-refractivity contribution in [3.8, 4) is 0 Å². The van der Waals surface area contributed by atoms with Gasteiger partial charge in [0.1, 0.15) is 0 Å². The monoisotopic (exact) mass is 252 g/mol. The highest BCUT2D eigenvalue weighted by molar-refractivity contribution is 6.07. The van der Waals surface area contributed by atoms with Crippen molar-refractivity contribution >= 4 is 27.7 Å². The van der Waals surface area contributed by atoms with Crippen LogP contribution in [0.25, 0.3) is 21.8 Å². The number of fused-ring (bicyclic) bond motifs is 3. The SMILES string of the molecule is CC(=O)NCCc1ccc2c(c1)[nH]c1ccccc12. The van der Waals surface area contributed by atoms with E-state index in [4.69, 9.17) is 0 Å². The molecule has 0 bridgehead atoms. The summed E-state index contributed by atoms with van der Waals surface area (Å²) >= 11 is 0. The van der Waals surface area contributed by atoms with Crippen LogP contribution in [0.4, 0.5) is 0 Å². The molecule has 1 aromatic heterocycles. The Morgan fingerprint density at radius 1 is 1.11 bits per heavy atom. The molecule has 0 saturated heterocycles. The summed E-state index contributed by atoms with van der Waals surface area (Å²) in [7, 11) is 0. The van der Waals surface area contributed by atoms with Crippen molar-refractivity contribution in [3.63, 3.8) is 0 Å². The van der Waals surface area contributed by atoms with Crippen molar-refractivity contribution in [3.05, 3.63) is 48.0 Å². The van der Waals surface area contributed by atoms with E-state index in [0.29, 0.717) is 6.54 Å². The second-order valence-electron chi connectivity index (χ2n) is 4.78. The maximum Gasteiger partial charge on any atom is 0.216 e. The van der Waals surface area contributed by atoms with Crippen molar-refractivity contribution in [2.45, 2.75) is 13.3 Å². The van der Waals surface area contributed by atoms with E-state index in [1.54, 1.807) is 6.92 Å². The largest absolute Gasteiger partial charge is 0.356 e. The Balaban J connectivity index is 1.92. The molecule has 19 heavy (non-hydrogen) atoms. The Kier molecular flexibility index (Phi) is 2.95. The number of carbonyl (C=O) groups excluding carboxylic acids is 1. The molecule has 3 nitrogen and oxygen atoms in total. The van der Waals surface area contributed by atoms with Gasteiger partial charge in [0.05, 0.1) is 0 Å². The van der Waals surface area contributed by atoms with Gasteiger partial charge in [-0.1, -0.05) is 30.3 Å². The van der Waals surface area contributed by atoms with Crippen LogP contribution >= 0.6 is 0 Å². The van der Waals surface area contributed by atoms with E-state index in [1.807, 2.05) is 6.07 Å². The number of rotatable bonds is 3. The fraction of sp³-hybridized carbons (Fsp3) is 0.188. The van der Waals surface area contributed by atoms with Crippen LogP contribution in [0.15, 0.2) is 42.5 Å². The number of aromatic amines is 1. The average molecular weight is 252 g/mol. The van der Waals surface area contributed by atoms with Gasteiger partial charge in [0.25, 0.3) is 0 Å². The lowest BCUT2D eigenvalue weighted by atomic mass is 10.1. The van der Waals surface area contributed by atoms with E-state index < -0.39 is 0 Å². The molecule has 1 heterocycles. The lowest BCUT2D eigenvalue weighted by Gasteiger charge is -2.02. The van der Waals surface area contributed by atoms with Crippen LogP contribution in [0.5, 0.6) is 0 Å². The van der Waals surface area contributed by atoms with Crippen molar-refractivity contribution in [2.75, 3.05) is 6.54 Å². The smallest absolute Gasteiger partial charge is 0.216 e. The van der Waals surface area contributed by atoms with Gasteiger partial charge in [0.15, 0.2) is 0 Å². The molecule has 0 radical (unpaired) electrons. The van der Waals surface area contributed by atoms with Gasteiger partial charge in [-0.2, -0.15) is 0 Å². The molecule has 1 amide bonds. The van der Waals surface area contributed by atoms with E-state index in [9.17, 15) is 4.79 Å². The van der Waals surface area contributed by atoms with Crippen LogP contribution in [-0.2, 0) is 11.2 Å². The van der Waals surface area contributed by atoms with Gasteiger partial charge >= 0.3 is 0 Å². The number of amides is 1. The molecule has 0 aliphatic heterocycles. The fourth-order valence-corrected chi connectivity index (χ4v) is 2.44. The maximum absolute atomic E-state index is 10.8. The van der Waals surface area contributed by atoms with Crippen LogP contribution in [-0.4, -0.2) is 17.4 Å². The van der Waals surface area contributed by atoms with E-state index in [-0.39, 0.29) is 5.91 Å². The molecule has 0 atom stereocenters. The van der Waals surface area contributed by atoms with Gasteiger partial charge in [-0.15, -0.1) is 0 Å². The molecule has 0 spiro atoms. The minimum absolute atomic E-state index is 0.0201. The van der Waals surface area contributed by atoms with Gasteiger partial charge in [-0.05, 0) is 24.1 Å². The third-order valence-corrected chi connectivity index (χ3v) is 3.36. The first kappa shape index (κ1) is 11.8. The van der Waals surface area contributed by atoms with E-state index in [1.165, 1.54) is 16.3 Å². The molecule has 3 aromatic rings. The Morgan fingerprint density at radius 3 is 2.74 bits per heavy atom. The first-order valence-corrected chi connectivity index (χ1v) is 6.48. The summed E-state index contributed by atoms with van der Waals surface area (Å²) < 4.78 is 0. The number of aromatic nitrogens is 1. The molecular weight excluding hydrogens is 236 g/mol. The summed E-state index contributed by atoms with van der Waals surface area (Å²) in [5, 5.41) is 5.32. The number of hydrogen-bond acceptors (Lipinski definition) is 1. The van der Waals surface area contributed by atoms with Crippen molar-refractivity contribution in [1.29, 1.82) is 0 Å². The van der Waals surface area contributed by atoms with Gasteiger partial charge in [0.2, 0.25) is 5.91 Å². The standard InChI is InChI=1S/C16H16N2O/c1-11(19)17-9-8-12-6-7-14-13-4-2-3-5-15(13)18-16(14)10-12/h2-7,10,18H,8-9H2,1H3,(H,17,19). The fourth-order valence-electron chi connectivity index (χ4n) is 2.44. The zero-order valence-corrected chi connectivity index (χ0v) is 10.9. The van der Waals surface area contributed by atoms with Crippen LogP contribution in [0, 0.1) is 0 Å². The summed E-state index contributed by atoms with van der Waals surface area (Å²) in [6.07, 6.45) is 0.852. The van der Waals surface area contributed by atoms with Crippen molar-refractivity contribution in [2.24, 2.45) is 0 Å². The van der Waals surface area contributed by atoms with Crippen molar-refractivity contribution in [1.82, 2.24) is 10.3 Å². The lowest BCUT2D eigenvalue weighted by molar-refractivity contribution is -0.118. The highest BCUT2D eigenvalue weighted by Gasteiger charge is 2.04. The molecule has 0 aliphatic rings.